The van der Waals surface area contributed by atoms with Crippen LogP contribution >= 0.6 is 11.6 Å². The van der Waals surface area contributed by atoms with Gasteiger partial charge in [0, 0.05) is 11.8 Å². The summed E-state index contributed by atoms with van der Waals surface area (Å²) in [6, 6.07) is 6.65. The summed E-state index contributed by atoms with van der Waals surface area (Å²) in [5.74, 6) is -1.15. The van der Waals surface area contributed by atoms with E-state index in [0.717, 1.165) is 0 Å². The Morgan fingerprint density at radius 2 is 1.93 bits per heavy atom. The van der Waals surface area contributed by atoms with E-state index in [-0.39, 0.29) is 17.3 Å². The molecule has 1 N–H and O–H groups in total. The van der Waals surface area contributed by atoms with Crippen LogP contribution in [0.25, 0.3) is 11.5 Å². The Bertz CT molecular complexity index is 1080. The number of nitrogens with one attached hydrogen (secondary N) is 1. The molecule has 156 valence electrons. The zero-order chi connectivity index (χ0) is 21.9. The van der Waals surface area contributed by atoms with E-state index in [1.54, 1.807) is 19.1 Å². The van der Waals surface area contributed by atoms with E-state index in [2.05, 4.69) is 20.4 Å². The summed E-state index contributed by atoms with van der Waals surface area (Å²) < 4.78 is 47.7. The van der Waals surface area contributed by atoms with Gasteiger partial charge in [0.05, 0.1) is 16.1 Å². The number of alkyl halides is 3. The Kier molecular flexibility index (Phi) is 6.01. The van der Waals surface area contributed by atoms with E-state index in [9.17, 15) is 22.8 Å². The van der Waals surface area contributed by atoms with Gasteiger partial charge in [-0.2, -0.15) is 18.2 Å². The molecule has 3 aromatic rings. The predicted octanol–water partition coefficient (Wildman–Crippen LogP) is 3.91. The largest absolute Gasteiger partial charge is 0.452 e. The van der Waals surface area contributed by atoms with Gasteiger partial charge in [0.2, 0.25) is 0 Å². The summed E-state index contributed by atoms with van der Waals surface area (Å²) in [6.07, 6.45) is -4.09. The molecule has 0 saturated heterocycles. The molecule has 2 aromatic heterocycles. The van der Waals surface area contributed by atoms with Crippen molar-refractivity contribution in [2.75, 3.05) is 11.9 Å². The van der Waals surface area contributed by atoms with Crippen LogP contribution < -0.4 is 5.32 Å². The Hall–Kier alpha value is -3.47. The van der Waals surface area contributed by atoms with Gasteiger partial charge in [-0.15, -0.1) is 0 Å². The minimum absolute atomic E-state index is 0.161. The Morgan fingerprint density at radius 1 is 1.23 bits per heavy atom. The second kappa shape index (κ2) is 8.49. The van der Waals surface area contributed by atoms with Crippen molar-refractivity contribution in [1.29, 1.82) is 0 Å². The number of carbonyl (C=O) groups is 2. The lowest BCUT2D eigenvalue weighted by Gasteiger charge is -2.10. The molecule has 0 aliphatic rings. The molecule has 0 unspecified atom stereocenters. The van der Waals surface area contributed by atoms with Gasteiger partial charge in [-0.05, 0) is 37.3 Å². The number of anilines is 1. The van der Waals surface area contributed by atoms with E-state index in [1.807, 2.05) is 0 Å². The number of ether oxygens (including phenoxy) is 1. The lowest BCUT2D eigenvalue weighted by atomic mass is 10.1. The summed E-state index contributed by atoms with van der Waals surface area (Å²) in [6.45, 7) is 0.972. The van der Waals surface area contributed by atoms with Crippen LogP contribution in [0.2, 0.25) is 5.02 Å². The first-order chi connectivity index (χ1) is 14.1. The SMILES string of the molecule is Cc1noc(-c2ccc(C(=O)OCC(=O)Nc3ncc(C(F)(F)F)cc3Cl)cc2)n1. The van der Waals surface area contributed by atoms with Crippen molar-refractivity contribution in [2.45, 2.75) is 13.1 Å². The summed E-state index contributed by atoms with van der Waals surface area (Å²) in [5.41, 5.74) is -0.308. The van der Waals surface area contributed by atoms with Gasteiger partial charge in [-0.3, -0.25) is 4.79 Å². The molecule has 0 saturated carbocycles. The molecule has 1 aromatic carbocycles. The molecule has 0 bridgehead atoms. The van der Waals surface area contributed by atoms with Crippen LogP contribution in [0.4, 0.5) is 19.0 Å². The monoisotopic (exact) mass is 440 g/mol. The first kappa shape index (κ1) is 21.2. The van der Waals surface area contributed by atoms with Crippen LogP contribution in [0.3, 0.4) is 0 Å². The fourth-order valence-corrected chi connectivity index (χ4v) is 2.44. The van der Waals surface area contributed by atoms with Gasteiger partial charge in [0.25, 0.3) is 11.8 Å². The average molecular weight is 441 g/mol. The molecular weight excluding hydrogens is 429 g/mol. The fraction of sp³-hybridized carbons (Fsp3) is 0.167. The molecule has 0 spiro atoms. The number of carbonyl (C=O) groups excluding carboxylic acids is 2. The van der Waals surface area contributed by atoms with Crippen LogP contribution in [0.5, 0.6) is 0 Å². The van der Waals surface area contributed by atoms with E-state index < -0.39 is 35.2 Å². The van der Waals surface area contributed by atoms with Crippen LogP contribution in [-0.2, 0) is 15.7 Å². The van der Waals surface area contributed by atoms with Crippen molar-refractivity contribution < 1.29 is 32.0 Å². The number of esters is 1. The number of hydrogen-bond acceptors (Lipinski definition) is 7. The van der Waals surface area contributed by atoms with Gasteiger partial charge in [0.15, 0.2) is 18.2 Å². The number of hydrogen-bond donors (Lipinski definition) is 1. The number of amides is 1. The molecule has 0 atom stereocenters. The van der Waals surface area contributed by atoms with Crippen molar-refractivity contribution in [3.05, 3.63) is 58.5 Å². The average Bonchev–Trinajstić information content (AvgIpc) is 3.13. The molecule has 0 radical (unpaired) electrons. The number of rotatable bonds is 5. The van der Waals surface area contributed by atoms with Crippen LogP contribution in [-0.4, -0.2) is 33.6 Å². The standard InChI is InChI=1S/C18H12ClF3N4O4/c1-9-24-16(30-26-9)10-2-4-11(5-3-10)17(28)29-8-14(27)25-15-13(19)6-12(7-23-15)18(20,21)22/h2-7H,8H2,1H3,(H,23,25,27). The Balaban J connectivity index is 1.56. The second-order valence-corrected chi connectivity index (χ2v) is 6.31. The van der Waals surface area contributed by atoms with Gasteiger partial charge < -0.3 is 14.6 Å². The Labute approximate surface area is 172 Å². The molecule has 0 aliphatic carbocycles. The summed E-state index contributed by atoms with van der Waals surface area (Å²) >= 11 is 5.70. The third-order valence-electron chi connectivity index (χ3n) is 3.66. The highest BCUT2D eigenvalue weighted by atomic mass is 35.5. The summed E-state index contributed by atoms with van der Waals surface area (Å²) in [4.78, 5) is 31.5. The zero-order valence-corrected chi connectivity index (χ0v) is 15.9. The third-order valence-corrected chi connectivity index (χ3v) is 3.94. The van der Waals surface area contributed by atoms with Crippen molar-refractivity contribution in [1.82, 2.24) is 15.1 Å². The smallest absolute Gasteiger partial charge is 0.417 e. The van der Waals surface area contributed by atoms with Crippen molar-refractivity contribution in [2.24, 2.45) is 0 Å². The van der Waals surface area contributed by atoms with E-state index in [4.69, 9.17) is 20.9 Å². The molecular formula is C18H12ClF3N4O4. The number of benzene rings is 1. The lowest BCUT2D eigenvalue weighted by molar-refractivity contribution is -0.137. The first-order valence-corrected chi connectivity index (χ1v) is 8.62. The van der Waals surface area contributed by atoms with Crippen LogP contribution in [0.1, 0.15) is 21.7 Å². The normalized spacial score (nSPS) is 11.2. The Morgan fingerprint density at radius 3 is 2.50 bits per heavy atom. The number of aryl methyl sites for hydroxylation is 1. The van der Waals surface area contributed by atoms with E-state index in [0.29, 0.717) is 23.7 Å². The van der Waals surface area contributed by atoms with Gasteiger partial charge >= 0.3 is 12.1 Å². The highest BCUT2D eigenvalue weighted by Gasteiger charge is 2.31. The number of pyridine rings is 1. The maximum absolute atomic E-state index is 12.6. The number of aromatic nitrogens is 3. The fourth-order valence-electron chi connectivity index (χ4n) is 2.23. The molecule has 30 heavy (non-hydrogen) atoms. The van der Waals surface area contributed by atoms with Crippen LogP contribution in [0.15, 0.2) is 41.1 Å². The molecule has 0 fully saturated rings. The maximum atomic E-state index is 12.6. The number of nitrogens with zero attached hydrogens (tertiary/aromatic N) is 3. The zero-order valence-electron chi connectivity index (χ0n) is 15.2. The van der Waals surface area contributed by atoms with E-state index >= 15 is 0 Å². The molecule has 12 heteroatoms. The maximum Gasteiger partial charge on any atom is 0.417 e. The minimum Gasteiger partial charge on any atom is -0.452 e. The van der Waals surface area contributed by atoms with Crippen LogP contribution in [0, 0.1) is 6.92 Å². The molecule has 2 heterocycles. The first-order valence-electron chi connectivity index (χ1n) is 8.24. The number of halogens is 4. The van der Waals surface area contributed by atoms with Gasteiger partial charge in [-0.25, -0.2) is 9.78 Å². The quantitative estimate of drug-likeness (QED) is 0.599. The second-order valence-electron chi connectivity index (χ2n) is 5.90. The molecule has 8 nitrogen and oxygen atoms in total. The minimum atomic E-state index is -4.62. The lowest BCUT2D eigenvalue weighted by Crippen LogP contribution is -2.22. The van der Waals surface area contributed by atoms with Gasteiger partial charge in [0.1, 0.15) is 0 Å². The molecule has 1 amide bonds. The topological polar surface area (TPSA) is 107 Å². The molecule has 3 rings (SSSR count). The van der Waals surface area contributed by atoms with E-state index in [1.165, 1.54) is 12.1 Å². The van der Waals surface area contributed by atoms with Gasteiger partial charge in [-0.1, -0.05) is 16.8 Å². The predicted molar refractivity (Wildman–Crippen MR) is 97.6 cm³/mol. The van der Waals surface area contributed by atoms with Crippen molar-refractivity contribution in [3.63, 3.8) is 0 Å². The highest BCUT2D eigenvalue weighted by molar-refractivity contribution is 6.33. The highest BCUT2D eigenvalue weighted by Crippen LogP contribution is 2.32. The molecule has 0 aliphatic heterocycles. The summed E-state index contributed by atoms with van der Waals surface area (Å²) in [5, 5.41) is 5.43. The van der Waals surface area contributed by atoms with Crippen molar-refractivity contribution >= 4 is 29.3 Å². The van der Waals surface area contributed by atoms with Crippen molar-refractivity contribution in [3.8, 4) is 11.5 Å². The third kappa shape index (κ3) is 5.11. The summed E-state index contributed by atoms with van der Waals surface area (Å²) in [7, 11) is 0.